The van der Waals surface area contributed by atoms with E-state index in [4.69, 9.17) is 11.5 Å². The van der Waals surface area contributed by atoms with Crippen LogP contribution in [0.3, 0.4) is 0 Å². The van der Waals surface area contributed by atoms with Crippen LogP contribution >= 0.6 is 8.02 Å². The number of rotatable bonds is 8. The lowest BCUT2D eigenvalue weighted by Gasteiger charge is -2.20. The third-order valence-corrected chi connectivity index (χ3v) is 1.75. The average Bonchev–Trinajstić information content (AvgIpc) is 2.22. The van der Waals surface area contributed by atoms with Crippen molar-refractivity contribution in [1.82, 2.24) is 10.2 Å². The Bertz CT molecular complexity index is 101. The molecule has 5 N–H and O–H groups in total. The van der Waals surface area contributed by atoms with Crippen LogP contribution in [0.25, 0.3) is 0 Å². The molecular formula is C8H23N4PS. The lowest BCUT2D eigenvalue weighted by atomic mass is 10.4. The second-order valence-electron chi connectivity index (χ2n) is 2.77. The molecule has 0 aliphatic rings. The molecule has 0 aliphatic heterocycles. The monoisotopic (exact) mass is 238 g/mol. The van der Waals surface area contributed by atoms with E-state index in [9.17, 15) is 0 Å². The second-order valence-corrected chi connectivity index (χ2v) is 2.77. The molecule has 0 unspecified atom stereocenters. The maximum atomic E-state index is 5.46. The van der Waals surface area contributed by atoms with Gasteiger partial charge in [0, 0.05) is 39.3 Å². The van der Waals surface area contributed by atoms with E-state index in [1.807, 2.05) is 0 Å². The Morgan fingerprint density at radius 3 is 2.00 bits per heavy atom. The fraction of sp³-hybridized carbons (Fsp3) is 1.00. The zero-order valence-corrected chi connectivity index (χ0v) is 10.8. The SMILES string of the molecule is CCNCCN(CCN)CCN.P=S. The van der Waals surface area contributed by atoms with Crippen molar-refractivity contribution in [1.29, 1.82) is 0 Å². The third kappa shape index (κ3) is 12.4. The summed E-state index contributed by atoms with van der Waals surface area (Å²) in [5.74, 6) is 0. The van der Waals surface area contributed by atoms with E-state index in [1.165, 1.54) is 0 Å². The lowest BCUT2D eigenvalue weighted by molar-refractivity contribution is 0.289. The van der Waals surface area contributed by atoms with Gasteiger partial charge in [0.25, 0.3) is 0 Å². The first-order valence-electron chi connectivity index (χ1n) is 4.88. The summed E-state index contributed by atoms with van der Waals surface area (Å²) in [6.07, 6.45) is 0. The van der Waals surface area contributed by atoms with Gasteiger partial charge in [-0.15, -0.1) is 0 Å². The molecule has 0 saturated heterocycles. The maximum Gasteiger partial charge on any atom is 0.0108 e. The minimum Gasteiger partial charge on any atom is -0.329 e. The fourth-order valence-electron chi connectivity index (χ4n) is 1.11. The molecule has 6 heteroatoms. The molecule has 0 atom stereocenters. The summed E-state index contributed by atoms with van der Waals surface area (Å²) in [6, 6.07) is 0. The quantitative estimate of drug-likeness (QED) is 0.389. The normalized spacial score (nSPS) is 9.71. The van der Waals surface area contributed by atoms with Crippen LogP contribution in [0.4, 0.5) is 0 Å². The summed E-state index contributed by atoms with van der Waals surface area (Å²) in [7, 11) is 2.56. The molecule has 14 heavy (non-hydrogen) atoms. The van der Waals surface area contributed by atoms with Crippen molar-refractivity contribution in [2.45, 2.75) is 6.92 Å². The van der Waals surface area contributed by atoms with E-state index in [0.717, 1.165) is 32.7 Å². The first kappa shape index (κ1) is 16.8. The minimum atomic E-state index is 0.714. The van der Waals surface area contributed by atoms with Crippen LogP contribution in [-0.4, -0.2) is 50.7 Å². The Balaban J connectivity index is 0. The van der Waals surface area contributed by atoms with Crippen LogP contribution in [0, 0.1) is 0 Å². The fourth-order valence-corrected chi connectivity index (χ4v) is 1.11. The highest BCUT2D eigenvalue weighted by molar-refractivity contribution is 7.88. The van der Waals surface area contributed by atoms with Crippen molar-refractivity contribution in [3.63, 3.8) is 0 Å². The molecular weight excluding hydrogens is 215 g/mol. The summed E-state index contributed by atoms with van der Waals surface area (Å²) in [5.41, 5.74) is 10.9. The molecule has 0 spiro atoms. The third-order valence-electron chi connectivity index (χ3n) is 1.75. The maximum absolute atomic E-state index is 5.46. The number of nitrogens with one attached hydrogen (secondary N) is 1. The summed E-state index contributed by atoms with van der Waals surface area (Å²) >= 11 is 3.89. The van der Waals surface area contributed by atoms with Gasteiger partial charge < -0.3 is 16.8 Å². The van der Waals surface area contributed by atoms with Gasteiger partial charge in [-0.1, -0.05) is 18.7 Å². The van der Waals surface area contributed by atoms with Gasteiger partial charge in [-0.3, -0.25) is 4.90 Å². The Morgan fingerprint density at radius 2 is 1.64 bits per heavy atom. The highest BCUT2D eigenvalue weighted by atomic mass is 32.4. The molecule has 0 amide bonds. The summed E-state index contributed by atoms with van der Waals surface area (Å²) < 4.78 is 0. The predicted octanol–water partition coefficient (Wildman–Crippen LogP) is -0.594. The van der Waals surface area contributed by atoms with Crippen LogP contribution < -0.4 is 16.8 Å². The molecule has 0 heterocycles. The molecule has 0 aromatic heterocycles. The molecule has 0 saturated carbocycles. The summed E-state index contributed by atoms with van der Waals surface area (Å²) in [5, 5.41) is 3.27. The molecule has 0 radical (unpaired) electrons. The molecule has 86 valence electrons. The van der Waals surface area contributed by atoms with Gasteiger partial charge in [0.2, 0.25) is 0 Å². The average molecular weight is 238 g/mol. The highest BCUT2D eigenvalue weighted by Crippen LogP contribution is 1.83. The van der Waals surface area contributed by atoms with Crippen molar-refractivity contribution < 1.29 is 0 Å². The van der Waals surface area contributed by atoms with Crippen molar-refractivity contribution in [3.8, 4) is 0 Å². The summed E-state index contributed by atoms with van der Waals surface area (Å²) in [4.78, 5) is 2.28. The van der Waals surface area contributed by atoms with Gasteiger partial charge in [0.1, 0.15) is 0 Å². The van der Waals surface area contributed by atoms with Crippen LogP contribution in [0.2, 0.25) is 0 Å². The number of hydrogen-bond acceptors (Lipinski definition) is 5. The van der Waals surface area contributed by atoms with Gasteiger partial charge in [-0.25, -0.2) is 0 Å². The Hall–Kier alpha value is 0.360. The first-order chi connectivity index (χ1) is 6.85. The van der Waals surface area contributed by atoms with E-state index in [1.54, 1.807) is 0 Å². The smallest absolute Gasteiger partial charge is 0.0108 e. The minimum absolute atomic E-state index is 0.714. The predicted molar refractivity (Wildman–Crippen MR) is 68.8 cm³/mol. The van der Waals surface area contributed by atoms with Crippen molar-refractivity contribution in [2.24, 2.45) is 11.5 Å². The second kappa shape index (κ2) is 15.8. The summed E-state index contributed by atoms with van der Waals surface area (Å²) in [6.45, 7) is 8.53. The molecule has 0 rings (SSSR count). The van der Waals surface area contributed by atoms with Crippen molar-refractivity contribution in [2.75, 3.05) is 45.8 Å². The van der Waals surface area contributed by atoms with E-state index in [0.29, 0.717) is 13.1 Å². The number of hydrogen-bond donors (Lipinski definition) is 3. The molecule has 0 bridgehead atoms. The standard InChI is InChI=1S/C8H22N4.HPS/c1-2-11-5-8-12(6-3-9)7-4-10;1-2/h11H,2-10H2,1H3;1H. The van der Waals surface area contributed by atoms with Gasteiger partial charge in [0.05, 0.1) is 0 Å². The van der Waals surface area contributed by atoms with Crippen molar-refractivity contribution in [3.05, 3.63) is 0 Å². The number of nitrogens with zero attached hydrogens (tertiary/aromatic N) is 1. The molecule has 0 aromatic rings. The Morgan fingerprint density at radius 1 is 1.14 bits per heavy atom. The Labute approximate surface area is 94.7 Å². The Kier molecular flexibility index (Phi) is 19.0. The van der Waals surface area contributed by atoms with E-state index >= 15 is 0 Å². The van der Waals surface area contributed by atoms with Gasteiger partial charge >= 0.3 is 0 Å². The molecule has 0 fully saturated rings. The topological polar surface area (TPSA) is 67.3 Å². The van der Waals surface area contributed by atoms with Crippen LogP contribution in [0.1, 0.15) is 6.92 Å². The zero-order chi connectivity index (χ0) is 11.2. The molecule has 4 nitrogen and oxygen atoms in total. The van der Waals surface area contributed by atoms with Gasteiger partial charge in [-0.05, 0) is 14.6 Å². The zero-order valence-electron chi connectivity index (χ0n) is 8.96. The van der Waals surface area contributed by atoms with Gasteiger partial charge in [0.15, 0.2) is 0 Å². The lowest BCUT2D eigenvalue weighted by Crippen LogP contribution is -2.38. The largest absolute Gasteiger partial charge is 0.329 e. The van der Waals surface area contributed by atoms with Crippen LogP contribution in [0.5, 0.6) is 0 Å². The number of likely N-dealkylation sites (N-methyl/N-ethyl adjacent to an activating group) is 1. The van der Waals surface area contributed by atoms with Gasteiger partial charge in [-0.2, -0.15) is 0 Å². The van der Waals surface area contributed by atoms with Crippen molar-refractivity contribution >= 4 is 19.8 Å². The van der Waals surface area contributed by atoms with E-state index in [-0.39, 0.29) is 0 Å². The molecule has 0 aliphatic carbocycles. The van der Waals surface area contributed by atoms with Crippen LogP contribution in [-0.2, 0) is 11.8 Å². The highest BCUT2D eigenvalue weighted by Gasteiger charge is 2.00. The number of nitrogens with two attached hydrogens (primary N) is 2. The van der Waals surface area contributed by atoms with Crippen LogP contribution in [0.15, 0.2) is 0 Å². The first-order valence-corrected chi connectivity index (χ1v) is 6.52. The van der Waals surface area contributed by atoms with E-state index < -0.39 is 0 Å². The van der Waals surface area contributed by atoms with E-state index in [2.05, 4.69) is 37.0 Å². The molecule has 0 aromatic carbocycles.